The molecule has 1 atom stereocenters. The molecule has 140 valence electrons. The summed E-state index contributed by atoms with van der Waals surface area (Å²) in [5.41, 5.74) is 1.83. The number of unbranched alkanes of at least 4 members (excludes halogenated alkanes) is 4. The molecule has 0 aromatic heterocycles. The number of benzene rings is 1. The molecule has 26 heavy (non-hydrogen) atoms. The first-order chi connectivity index (χ1) is 12.8. The van der Waals surface area contributed by atoms with Crippen molar-refractivity contribution in [3.63, 3.8) is 0 Å². The van der Waals surface area contributed by atoms with E-state index in [1.165, 1.54) is 38.5 Å². The molecular formula is C23H32N2O. The molecule has 0 spiro atoms. The van der Waals surface area contributed by atoms with Gasteiger partial charge >= 0.3 is 0 Å². The Labute approximate surface area is 159 Å². The third-order valence-electron chi connectivity index (χ3n) is 4.83. The molecule has 1 aromatic rings. The topological polar surface area (TPSA) is 34.0 Å². The lowest BCUT2D eigenvalue weighted by molar-refractivity contribution is 0.151. The predicted octanol–water partition coefficient (Wildman–Crippen LogP) is 6.49. The van der Waals surface area contributed by atoms with E-state index in [0.717, 1.165) is 36.9 Å². The largest absolute Gasteiger partial charge is 0.364 e. The summed E-state index contributed by atoms with van der Waals surface area (Å²) in [6.45, 7) is 2.22. The van der Waals surface area contributed by atoms with Gasteiger partial charge in [0.1, 0.15) is 6.10 Å². The summed E-state index contributed by atoms with van der Waals surface area (Å²) in [5, 5.41) is 0. The number of aliphatic imine (C=N–C) groups is 2. The van der Waals surface area contributed by atoms with Gasteiger partial charge in [-0.2, -0.15) is 4.99 Å². The number of rotatable bonds is 8. The summed E-state index contributed by atoms with van der Waals surface area (Å²) in [6, 6.07) is 11.3. The van der Waals surface area contributed by atoms with E-state index in [4.69, 9.17) is 4.74 Å². The van der Waals surface area contributed by atoms with Crippen LogP contribution in [0, 0.1) is 11.8 Å². The molecule has 1 aromatic carbocycles. The quantitative estimate of drug-likeness (QED) is 0.299. The van der Waals surface area contributed by atoms with Gasteiger partial charge < -0.3 is 4.74 Å². The zero-order valence-corrected chi connectivity index (χ0v) is 16.3. The molecule has 3 heteroatoms. The highest BCUT2D eigenvalue weighted by Gasteiger charge is 2.12. The third-order valence-corrected chi connectivity index (χ3v) is 4.83. The molecular weight excluding hydrogens is 320 g/mol. The van der Waals surface area contributed by atoms with Crippen LogP contribution in [-0.2, 0) is 4.74 Å². The fraction of sp³-hybridized carbons (Fsp3) is 0.609. The van der Waals surface area contributed by atoms with E-state index in [1.807, 2.05) is 24.3 Å². The molecule has 1 fully saturated rings. The lowest BCUT2D eigenvalue weighted by Crippen LogP contribution is -2.08. The van der Waals surface area contributed by atoms with E-state index < -0.39 is 0 Å². The number of methoxy groups -OCH3 is 1. The van der Waals surface area contributed by atoms with E-state index in [2.05, 4.69) is 34.8 Å². The fourth-order valence-electron chi connectivity index (χ4n) is 3.25. The zero-order chi connectivity index (χ0) is 18.5. The lowest BCUT2D eigenvalue weighted by Gasteiger charge is -2.15. The van der Waals surface area contributed by atoms with Gasteiger partial charge in [0.2, 0.25) is 0 Å². The molecule has 0 saturated heterocycles. The van der Waals surface area contributed by atoms with Gasteiger partial charge in [-0.15, -0.1) is 5.92 Å². The predicted molar refractivity (Wildman–Crippen MR) is 109 cm³/mol. The Morgan fingerprint density at radius 2 is 1.92 bits per heavy atom. The van der Waals surface area contributed by atoms with Crippen LogP contribution in [0.15, 0.2) is 34.3 Å². The maximum atomic E-state index is 5.61. The van der Waals surface area contributed by atoms with E-state index in [1.54, 1.807) is 7.11 Å². The summed E-state index contributed by atoms with van der Waals surface area (Å²) in [7, 11) is 1.70. The Hall–Kier alpha value is -1.88. The van der Waals surface area contributed by atoms with Crippen molar-refractivity contribution in [1.29, 1.82) is 0 Å². The molecule has 3 nitrogen and oxygen atoms in total. The van der Waals surface area contributed by atoms with Gasteiger partial charge in [0, 0.05) is 19.1 Å². The highest BCUT2D eigenvalue weighted by atomic mass is 16.5. The second-order valence-electron chi connectivity index (χ2n) is 6.94. The van der Waals surface area contributed by atoms with Crippen LogP contribution >= 0.6 is 0 Å². The zero-order valence-electron chi connectivity index (χ0n) is 16.3. The summed E-state index contributed by atoms with van der Waals surface area (Å²) in [5.74, 6) is 6.52. The van der Waals surface area contributed by atoms with Crippen LogP contribution in [0.5, 0.6) is 0 Å². The minimum absolute atomic E-state index is 0.252. The van der Waals surface area contributed by atoms with Crippen LogP contribution in [0.1, 0.15) is 82.8 Å². The normalized spacial score (nSPS) is 15.5. The van der Waals surface area contributed by atoms with Crippen molar-refractivity contribution in [1.82, 2.24) is 0 Å². The van der Waals surface area contributed by atoms with Gasteiger partial charge in [-0.1, -0.05) is 69.6 Å². The van der Waals surface area contributed by atoms with E-state index >= 15 is 0 Å². The Kier molecular flexibility index (Phi) is 9.80. The van der Waals surface area contributed by atoms with Crippen molar-refractivity contribution in [2.75, 3.05) is 7.11 Å². The molecule has 0 N–H and O–H groups in total. The molecule has 1 aliphatic rings. The van der Waals surface area contributed by atoms with Crippen molar-refractivity contribution in [2.45, 2.75) is 83.3 Å². The van der Waals surface area contributed by atoms with Crippen LogP contribution in [0.3, 0.4) is 0 Å². The second-order valence-corrected chi connectivity index (χ2v) is 6.94. The minimum Gasteiger partial charge on any atom is -0.364 e. The van der Waals surface area contributed by atoms with Gasteiger partial charge in [-0.05, 0) is 25.3 Å². The molecule has 0 amide bonds. The van der Waals surface area contributed by atoms with Gasteiger partial charge in [-0.25, -0.2) is 4.99 Å². The lowest BCUT2D eigenvalue weighted by atomic mass is 9.96. The summed E-state index contributed by atoms with van der Waals surface area (Å²) in [6.07, 6.45) is 11.8. The standard InChI is InChI=1S/C23H32N2O/c1-3-4-5-6-7-11-18-23(26-2)21-16-12-13-17-22(21)25-19-24-20-14-9-8-10-15-20/h12-13,16-17,20,23H,3-10,14-15H2,1-2H3. The van der Waals surface area contributed by atoms with Gasteiger partial charge in [-0.3, -0.25) is 0 Å². The fourth-order valence-corrected chi connectivity index (χ4v) is 3.25. The average molecular weight is 353 g/mol. The van der Waals surface area contributed by atoms with Gasteiger partial charge in [0.25, 0.3) is 0 Å². The second kappa shape index (κ2) is 12.5. The van der Waals surface area contributed by atoms with E-state index in [-0.39, 0.29) is 6.10 Å². The van der Waals surface area contributed by atoms with Crippen LogP contribution in [-0.4, -0.2) is 19.2 Å². The molecule has 0 heterocycles. The molecule has 2 rings (SSSR count). The first-order valence-corrected chi connectivity index (χ1v) is 10.1. The highest BCUT2D eigenvalue weighted by Crippen LogP contribution is 2.27. The average Bonchev–Trinajstić information content (AvgIpc) is 2.69. The number of ether oxygens (including phenoxy) is 1. The first-order valence-electron chi connectivity index (χ1n) is 10.1. The molecule has 0 bridgehead atoms. The van der Waals surface area contributed by atoms with Crippen molar-refractivity contribution in [3.05, 3.63) is 29.8 Å². The molecule has 1 unspecified atom stereocenters. The van der Waals surface area contributed by atoms with Gasteiger partial charge in [0.05, 0.1) is 17.7 Å². The van der Waals surface area contributed by atoms with Crippen molar-refractivity contribution in [3.8, 4) is 11.8 Å². The van der Waals surface area contributed by atoms with Crippen LogP contribution < -0.4 is 0 Å². The van der Waals surface area contributed by atoms with E-state index in [0.29, 0.717) is 6.04 Å². The number of hydrogen-bond donors (Lipinski definition) is 0. The van der Waals surface area contributed by atoms with Gasteiger partial charge in [0.15, 0.2) is 0 Å². The number of hydrogen-bond acceptors (Lipinski definition) is 3. The first kappa shape index (κ1) is 20.4. The Morgan fingerprint density at radius 1 is 1.12 bits per heavy atom. The number of nitrogens with zero attached hydrogens (tertiary/aromatic N) is 2. The maximum Gasteiger partial charge on any atom is 0.145 e. The summed E-state index contributed by atoms with van der Waals surface area (Å²) in [4.78, 5) is 8.99. The Bertz CT molecular complexity index is 644. The smallest absolute Gasteiger partial charge is 0.145 e. The minimum atomic E-state index is -0.252. The highest BCUT2D eigenvalue weighted by molar-refractivity contribution is 5.57. The Balaban J connectivity index is 2.03. The molecule has 1 aliphatic carbocycles. The number of para-hydroxylation sites is 1. The summed E-state index contributed by atoms with van der Waals surface area (Å²) >= 11 is 0. The van der Waals surface area contributed by atoms with Crippen LogP contribution in [0.4, 0.5) is 5.69 Å². The summed E-state index contributed by atoms with van der Waals surface area (Å²) < 4.78 is 5.61. The SMILES string of the molecule is CCCCCCC#CC(OC)c1ccccc1N=C=NC1CCCCC1. The molecule has 0 radical (unpaired) electrons. The van der Waals surface area contributed by atoms with Crippen LogP contribution in [0.25, 0.3) is 0 Å². The molecule has 0 aliphatic heterocycles. The van der Waals surface area contributed by atoms with Crippen molar-refractivity contribution in [2.24, 2.45) is 9.98 Å². The molecule has 1 saturated carbocycles. The van der Waals surface area contributed by atoms with Crippen molar-refractivity contribution >= 4 is 11.7 Å². The third kappa shape index (κ3) is 7.16. The van der Waals surface area contributed by atoms with Crippen molar-refractivity contribution < 1.29 is 4.74 Å². The van der Waals surface area contributed by atoms with E-state index in [9.17, 15) is 0 Å². The Morgan fingerprint density at radius 3 is 2.69 bits per heavy atom. The van der Waals surface area contributed by atoms with Crippen LogP contribution in [0.2, 0.25) is 0 Å². The maximum absolute atomic E-state index is 5.61. The monoisotopic (exact) mass is 352 g/mol.